The number of carbonyl (C=O) groups excluding carboxylic acids is 2. The zero-order valence-electron chi connectivity index (χ0n) is 22.1. The normalized spacial score (nSPS) is 18.3. The van der Waals surface area contributed by atoms with E-state index in [4.69, 9.17) is 29.7 Å². The summed E-state index contributed by atoms with van der Waals surface area (Å²) in [6.07, 6.45) is 2.28. The van der Waals surface area contributed by atoms with Crippen LogP contribution < -0.4 is 26.1 Å². The number of nitrogens with one attached hydrogen (secondary N) is 1. The molecule has 0 spiro atoms. The summed E-state index contributed by atoms with van der Waals surface area (Å²) in [5.41, 5.74) is 7.49. The fourth-order valence-corrected chi connectivity index (χ4v) is 5.62. The number of aliphatic hydroxyl groups is 1. The maximum absolute atomic E-state index is 13.6. The molecule has 5 heterocycles. The predicted molar refractivity (Wildman–Crippen MR) is 142 cm³/mol. The van der Waals surface area contributed by atoms with Crippen molar-refractivity contribution in [1.82, 2.24) is 14.9 Å². The number of unbranched alkanes of at least 4 members (excludes halogenated alkanes) is 1. The van der Waals surface area contributed by atoms with Crippen molar-refractivity contribution in [1.29, 1.82) is 0 Å². The van der Waals surface area contributed by atoms with Gasteiger partial charge in [0.15, 0.2) is 17.1 Å². The second-order valence-electron chi connectivity index (χ2n) is 10.1. The van der Waals surface area contributed by atoms with E-state index in [9.17, 15) is 19.5 Å². The summed E-state index contributed by atoms with van der Waals surface area (Å²) in [6.45, 7) is 2.42. The lowest BCUT2D eigenvalue weighted by Gasteiger charge is -2.31. The van der Waals surface area contributed by atoms with Crippen LogP contribution in [0.3, 0.4) is 0 Å². The van der Waals surface area contributed by atoms with Crippen molar-refractivity contribution in [3.8, 4) is 22.9 Å². The first kappa shape index (κ1) is 26.2. The number of amides is 1. The molecule has 4 N–H and O–H groups in total. The molecule has 3 aliphatic heterocycles. The molecule has 3 aromatic rings. The number of hydrogen-bond donors (Lipinski definition) is 3. The number of aryl methyl sites for hydroxylation is 1. The molecule has 0 radical (unpaired) electrons. The Balaban J connectivity index is 1.37. The van der Waals surface area contributed by atoms with E-state index in [0.717, 1.165) is 29.4 Å². The second kappa shape index (κ2) is 10.2. The van der Waals surface area contributed by atoms with Crippen LogP contribution >= 0.6 is 0 Å². The lowest BCUT2D eigenvalue weighted by molar-refractivity contribution is -0.172. The first-order chi connectivity index (χ1) is 19.4. The fourth-order valence-electron chi connectivity index (χ4n) is 5.62. The van der Waals surface area contributed by atoms with Gasteiger partial charge in [0, 0.05) is 29.2 Å². The van der Waals surface area contributed by atoms with Gasteiger partial charge in [-0.3, -0.25) is 9.59 Å². The molecule has 0 fully saturated rings. The van der Waals surface area contributed by atoms with Crippen molar-refractivity contribution >= 4 is 22.8 Å². The van der Waals surface area contributed by atoms with Crippen LogP contribution in [0, 0.1) is 0 Å². The number of pyridine rings is 2. The number of aromatic nitrogens is 2. The SMILES string of the molecule is CC[C@@]1(O)C(=O)OCc2c1cc1n(c2=O)Cc2c-1nc1cc3c(cc1c2CCCCOCNC(=O)CN)OCO3. The van der Waals surface area contributed by atoms with Gasteiger partial charge in [-0.15, -0.1) is 0 Å². The van der Waals surface area contributed by atoms with Crippen LogP contribution in [0.25, 0.3) is 22.3 Å². The molecular weight excluding hydrogens is 520 g/mol. The third-order valence-corrected chi connectivity index (χ3v) is 7.82. The minimum atomic E-state index is -1.89. The molecule has 0 aliphatic carbocycles. The number of rotatable bonds is 9. The number of esters is 1. The Morgan fingerprint density at radius 3 is 2.75 bits per heavy atom. The van der Waals surface area contributed by atoms with Crippen LogP contribution in [-0.4, -0.2) is 53.2 Å². The van der Waals surface area contributed by atoms with Crippen LogP contribution in [-0.2, 0) is 44.2 Å². The first-order valence-electron chi connectivity index (χ1n) is 13.3. The average molecular weight is 551 g/mol. The van der Waals surface area contributed by atoms with Gasteiger partial charge >= 0.3 is 5.97 Å². The molecule has 1 amide bonds. The summed E-state index contributed by atoms with van der Waals surface area (Å²) in [7, 11) is 0. The smallest absolute Gasteiger partial charge is 0.343 e. The Labute approximate surface area is 229 Å². The highest BCUT2D eigenvalue weighted by molar-refractivity contribution is 5.91. The van der Waals surface area contributed by atoms with E-state index >= 15 is 0 Å². The molecule has 1 atom stereocenters. The van der Waals surface area contributed by atoms with Crippen LogP contribution in [0.5, 0.6) is 11.5 Å². The highest BCUT2D eigenvalue weighted by atomic mass is 16.7. The standard InChI is InChI=1S/C28H30N4O8/c1-2-28(36)19-8-21-25-17(11-32(21)26(34)18(19)12-38-27(28)35)15(5-3-4-6-37-13-30-24(33)10-29)16-7-22-23(40-14-39-22)9-20(16)31-25/h7-9,36H,2-6,10-14,29H2,1H3,(H,30,33)/t28-/m0/s1. The van der Waals surface area contributed by atoms with Gasteiger partial charge in [-0.1, -0.05) is 6.92 Å². The van der Waals surface area contributed by atoms with Gasteiger partial charge in [-0.2, -0.15) is 0 Å². The molecule has 12 nitrogen and oxygen atoms in total. The van der Waals surface area contributed by atoms with E-state index in [1.807, 2.05) is 12.1 Å². The maximum Gasteiger partial charge on any atom is 0.343 e. The van der Waals surface area contributed by atoms with E-state index in [-0.39, 0.29) is 55.7 Å². The van der Waals surface area contributed by atoms with Crippen molar-refractivity contribution in [3.05, 3.63) is 50.8 Å². The Morgan fingerprint density at radius 1 is 1.18 bits per heavy atom. The topological polar surface area (TPSA) is 164 Å². The van der Waals surface area contributed by atoms with E-state index in [0.29, 0.717) is 48.0 Å². The van der Waals surface area contributed by atoms with E-state index in [1.165, 1.54) is 0 Å². The summed E-state index contributed by atoms with van der Waals surface area (Å²) in [5, 5.41) is 14.7. The number of fused-ring (bicyclic) bond motifs is 6. The van der Waals surface area contributed by atoms with Gasteiger partial charge in [0.1, 0.15) is 13.3 Å². The molecule has 2 aromatic heterocycles. The molecule has 12 heteroatoms. The van der Waals surface area contributed by atoms with Crippen molar-refractivity contribution < 1.29 is 33.6 Å². The Morgan fingerprint density at radius 2 is 1.98 bits per heavy atom. The fraction of sp³-hybridized carbons (Fsp3) is 0.429. The van der Waals surface area contributed by atoms with Gasteiger partial charge in [-0.05, 0) is 43.4 Å². The molecule has 0 saturated carbocycles. The lowest BCUT2D eigenvalue weighted by Crippen LogP contribution is -2.44. The lowest BCUT2D eigenvalue weighted by atomic mass is 9.86. The zero-order chi connectivity index (χ0) is 28.0. The average Bonchev–Trinajstić information content (AvgIpc) is 3.57. The van der Waals surface area contributed by atoms with Crippen LogP contribution in [0.1, 0.15) is 48.4 Å². The van der Waals surface area contributed by atoms with Crippen molar-refractivity contribution in [2.24, 2.45) is 5.73 Å². The highest BCUT2D eigenvalue weighted by Gasteiger charge is 2.45. The molecular formula is C28H30N4O8. The Kier molecular flexibility index (Phi) is 6.69. The monoisotopic (exact) mass is 550 g/mol. The molecule has 1 aromatic carbocycles. The summed E-state index contributed by atoms with van der Waals surface area (Å²) >= 11 is 0. The highest BCUT2D eigenvalue weighted by Crippen LogP contribution is 2.43. The van der Waals surface area contributed by atoms with Crippen LogP contribution in [0.2, 0.25) is 0 Å². The zero-order valence-corrected chi connectivity index (χ0v) is 22.1. The quantitative estimate of drug-likeness (QED) is 0.157. The Bertz CT molecular complexity index is 1600. The number of benzene rings is 1. The molecule has 3 aliphatic rings. The van der Waals surface area contributed by atoms with Gasteiger partial charge in [-0.25, -0.2) is 9.78 Å². The number of ether oxygens (including phenoxy) is 4. The largest absolute Gasteiger partial charge is 0.458 e. The molecule has 0 saturated heterocycles. The summed E-state index contributed by atoms with van der Waals surface area (Å²) in [5.74, 6) is 0.209. The first-order valence-corrected chi connectivity index (χ1v) is 13.3. The number of cyclic esters (lactones) is 1. The van der Waals surface area contributed by atoms with E-state index < -0.39 is 11.6 Å². The second-order valence-corrected chi connectivity index (χ2v) is 10.1. The van der Waals surface area contributed by atoms with Gasteiger partial charge in [0.2, 0.25) is 12.7 Å². The third kappa shape index (κ3) is 4.19. The van der Waals surface area contributed by atoms with Gasteiger partial charge in [0.05, 0.1) is 35.6 Å². The number of nitrogens with two attached hydrogens (primary N) is 1. The Hall–Kier alpha value is -4.00. The van der Waals surface area contributed by atoms with Crippen LogP contribution in [0.15, 0.2) is 23.0 Å². The van der Waals surface area contributed by atoms with Crippen molar-refractivity contribution in [3.63, 3.8) is 0 Å². The van der Waals surface area contributed by atoms with Crippen LogP contribution in [0.4, 0.5) is 0 Å². The molecule has 40 heavy (non-hydrogen) atoms. The van der Waals surface area contributed by atoms with Crippen molar-refractivity contribution in [2.45, 2.75) is 51.4 Å². The number of nitrogens with zero attached hydrogens (tertiary/aromatic N) is 2. The predicted octanol–water partition coefficient (Wildman–Crippen LogP) is 1.18. The summed E-state index contributed by atoms with van der Waals surface area (Å²) < 4.78 is 23.5. The number of hydrogen-bond acceptors (Lipinski definition) is 10. The van der Waals surface area contributed by atoms with Gasteiger partial charge in [0.25, 0.3) is 5.56 Å². The third-order valence-electron chi connectivity index (χ3n) is 7.82. The molecule has 210 valence electrons. The summed E-state index contributed by atoms with van der Waals surface area (Å²) in [4.78, 5) is 42.3. The molecule has 6 rings (SSSR count). The minimum Gasteiger partial charge on any atom is -0.458 e. The molecule has 0 bridgehead atoms. The molecule has 0 unspecified atom stereocenters. The maximum atomic E-state index is 13.6. The van der Waals surface area contributed by atoms with E-state index in [2.05, 4.69) is 5.32 Å². The van der Waals surface area contributed by atoms with E-state index in [1.54, 1.807) is 17.6 Å². The van der Waals surface area contributed by atoms with Gasteiger partial charge < -0.3 is 39.7 Å². The summed E-state index contributed by atoms with van der Waals surface area (Å²) in [6, 6.07) is 5.48. The minimum absolute atomic E-state index is 0.0758. The number of carbonyl (C=O) groups is 2. The van der Waals surface area contributed by atoms with Crippen molar-refractivity contribution in [2.75, 3.05) is 26.7 Å².